The van der Waals surface area contributed by atoms with E-state index < -0.39 is 0 Å². The lowest BCUT2D eigenvalue weighted by molar-refractivity contribution is -0.116. The average molecular weight is 491 g/mol. The van der Waals surface area contributed by atoms with Crippen LogP contribution in [0.2, 0.25) is 10.0 Å². The monoisotopic (exact) mass is 490 g/mol. The number of anilines is 1. The van der Waals surface area contributed by atoms with Crippen molar-refractivity contribution in [2.24, 2.45) is 0 Å². The molecule has 0 aliphatic carbocycles. The molecular weight excluding hydrogens is 467 g/mol. The summed E-state index contributed by atoms with van der Waals surface area (Å²) in [6, 6.07) is 13.5. The summed E-state index contributed by atoms with van der Waals surface area (Å²) < 4.78 is 11.1. The van der Waals surface area contributed by atoms with E-state index in [1.54, 1.807) is 43.8 Å². The number of nitrogens with one attached hydrogen (secondary N) is 1. The number of amides is 1. The number of carbonyl (C=O) groups excluding carboxylic acids is 1. The van der Waals surface area contributed by atoms with Crippen LogP contribution >= 0.6 is 34.5 Å². The van der Waals surface area contributed by atoms with Gasteiger partial charge in [0.15, 0.2) is 11.5 Å². The Bertz CT molecular complexity index is 1080. The highest BCUT2D eigenvalue weighted by Crippen LogP contribution is 2.42. The van der Waals surface area contributed by atoms with E-state index >= 15 is 0 Å². The van der Waals surface area contributed by atoms with E-state index in [1.165, 1.54) is 16.0 Å². The molecule has 1 unspecified atom stereocenters. The SMILES string of the molecule is COc1cc2c(cc1OC)C(c1cccs1)N(CCC(=O)Nc1c(Cl)cccc1Cl)CC2. The van der Waals surface area contributed by atoms with Crippen molar-refractivity contribution in [2.75, 3.05) is 32.6 Å². The second-order valence-electron chi connectivity index (χ2n) is 7.50. The number of hydrogen-bond donors (Lipinski definition) is 1. The van der Waals surface area contributed by atoms with E-state index in [-0.39, 0.29) is 11.9 Å². The molecule has 1 N–H and O–H groups in total. The normalized spacial score (nSPS) is 15.8. The van der Waals surface area contributed by atoms with Crippen LogP contribution in [0.25, 0.3) is 0 Å². The fraction of sp³-hybridized carbons (Fsp3) is 0.292. The van der Waals surface area contributed by atoms with Gasteiger partial charge in [-0.3, -0.25) is 9.69 Å². The van der Waals surface area contributed by atoms with Gasteiger partial charge in [-0.15, -0.1) is 11.3 Å². The Labute approximate surface area is 201 Å². The third-order valence-electron chi connectivity index (χ3n) is 5.64. The molecule has 0 spiro atoms. The quantitative estimate of drug-likeness (QED) is 0.437. The van der Waals surface area contributed by atoms with Crippen molar-refractivity contribution in [3.8, 4) is 11.5 Å². The van der Waals surface area contributed by atoms with Gasteiger partial charge in [-0.25, -0.2) is 0 Å². The largest absolute Gasteiger partial charge is 0.493 e. The molecule has 0 bridgehead atoms. The first-order valence-electron chi connectivity index (χ1n) is 10.3. The van der Waals surface area contributed by atoms with E-state index in [0.29, 0.717) is 34.4 Å². The number of carbonyl (C=O) groups is 1. The summed E-state index contributed by atoms with van der Waals surface area (Å²) in [5.74, 6) is 1.32. The van der Waals surface area contributed by atoms with Crippen molar-refractivity contribution >= 4 is 46.1 Å². The molecule has 1 aliphatic heterocycles. The number of thiophene rings is 1. The molecule has 2 aromatic carbocycles. The minimum Gasteiger partial charge on any atom is -0.493 e. The van der Waals surface area contributed by atoms with Crippen LogP contribution in [0.1, 0.15) is 28.5 Å². The minimum atomic E-state index is -0.122. The number of nitrogens with zero attached hydrogens (tertiary/aromatic N) is 1. The van der Waals surface area contributed by atoms with Crippen molar-refractivity contribution in [1.82, 2.24) is 4.90 Å². The number of para-hydroxylation sites is 1. The molecule has 0 fully saturated rings. The molecule has 5 nitrogen and oxygen atoms in total. The van der Waals surface area contributed by atoms with Gasteiger partial charge >= 0.3 is 0 Å². The van der Waals surface area contributed by atoms with Gasteiger partial charge in [0.05, 0.1) is 36.0 Å². The van der Waals surface area contributed by atoms with Crippen molar-refractivity contribution in [1.29, 1.82) is 0 Å². The molecule has 8 heteroatoms. The van der Waals surface area contributed by atoms with Gasteiger partial charge in [0.1, 0.15) is 0 Å². The Hall–Kier alpha value is -2.25. The fourth-order valence-corrected chi connectivity index (χ4v) is 5.45. The molecule has 2 heterocycles. The zero-order chi connectivity index (χ0) is 22.7. The molecule has 0 saturated carbocycles. The van der Waals surface area contributed by atoms with Gasteiger partial charge in [0.25, 0.3) is 0 Å². The van der Waals surface area contributed by atoms with E-state index in [0.717, 1.165) is 18.7 Å². The summed E-state index contributed by atoms with van der Waals surface area (Å²) in [7, 11) is 3.30. The first-order valence-corrected chi connectivity index (χ1v) is 11.9. The summed E-state index contributed by atoms with van der Waals surface area (Å²) in [6.45, 7) is 1.44. The predicted molar refractivity (Wildman–Crippen MR) is 131 cm³/mol. The zero-order valence-electron chi connectivity index (χ0n) is 17.9. The van der Waals surface area contributed by atoms with E-state index in [4.69, 9.17) is 32.7 Å². The standard InChI is InChI=1S/C24H24Cl2N2O3S/c1-30-19-13-15-8-10-28(11-9-22(29)27-23-17(25)5-3-6-18(23)26)24(21-7-4-12-32-21)16(15)14-20(19)31-2/h3-7,12-14,24H,8-11H2,1-2H3,(H,27,29). The lowest BCUT2D eigenvalue weighted by Gasteiger charge is -2.37. The Balaban J connectivity index is 1.56. The number of benzene rings is 2. The first-order chi connectivity index (χ1) is 15.5. The zero-order valence-corrected chi connectivity index (χ0v) is 20.2. The van der Waals surface area contributed by atoms with Crippen LogP contribution < -0.4 is 14.8 Å². The maximum atomic E-state index is 12.7. The second kappa shape index (κ2) is 10.1. The maximum absolute atomic E-state index is 12.7. The Morgan fingerprint density at radius 2 is 1.84 bits per heavy atom. The average Bonchev–Trinajstić information content (AvgIpc) is 3.33. The molecule has 32 heavy (non-hydrogen) atoms. The summed E-state index contributed by atoms with van der Waals surface area (Å²) in [5.41, 5.74) is 2.88. The van der Waals surface area contributed by atoms with Gasteiger partial charge in [-0.05, 0) is 53.3 Å². The lowest BCUT2D eigenvalue weighted by atomic mass is 9.90. The predicted octanol–water partition coefficient (Wildman–Crippen LogP) is 6.05. The topological polar surface area (TPSA) is 50.8 Å². The van der Waals surface area contributed by atoms with E-state index in [9.17, 15) is 4.79 Å². The van der Waals surface area contributed by atoms with Crippen molar-refractivity contribution in [3.05, 3.63) is 73.9 Å². The summed E-state index contributed by atoms with van der Waals surface area (Å²) in [4.78, 5) is 16.3. The van der Waals surface area contributed by atoms with Crippen molar-refractivity contribution in [2.45, 2.75) is 18.9 Å². The van der Waals surface area contributed by atoms with Crippen LogP contribution in [0, 0.1) is 0 Å². The summed E-state index contributed by atoms with van der Waals surface area (Å²) in [6.07, 6.45) is 1.20. The van der Waals surface area contributed by atoms with Crippen LogP contribution in [0.3, 0.4) is 0 Å². The molecule has 1 aliphatic rings. The first kappa shape index (κ1) is 22.9. The van der Waals surface area contributed by atoms with Crippen LogP contribution in [-0.2, 0) is 11.2 Å². The van der Waals surface area contributed by atoms with Gasteiger partial charge in [-0.1, -0.05) is 35.3 Å². The molecule has 1 atom stereocenters. The Kier molecular flexibility index (Phi) is 7.26. The molecule has 1 amide bonds. The van der Waals surface area contributed by atoms with Crippen LogP contribution in [0.5, 0.6) is 11.5 Å². The van der Waals surface area contributed by atoms with Crippen LogP contribution in [-0.4, -0.2) is 38.1 Å². The van der Waals surface area contributed by atoms with Crippen molar-refractivity contribution < 1.29 is 14.3 Å². The molecule has 3 aromatic rings. The van der Waals surface area contributed by atoms with Gasteiger partial charge in [-0.2, -0.15) is 0 Å². The molecular formula is C24H24Cl2N2O3S. The Morgan fingerprint density at radius 1 is 1.12 bits per heavy atom. The number of rotatable bonds is 7. The number of ether oxygens (including phenoxy) is 2. The molecule has 0 saturated heterocycles. The number of hydrogen-bond acceptors (Lipinski definition) is 5. The van der Waals surface area contributed by atoms with Crippen LogP contribution in [0.4, 0.5) is 5.69 Å². The van der Waals surface area contributed by atoms with Crippen LogP contribution in [0.15, 0.2) is 47.8 Å². The van der Waals surface area contributed by atoms with Gasteiger partial charge in [0, 0.05) is 24.4 Å². The van der Waals surface area contributed by atoms with Gasteiger partial charge < -0.3 is 14.8 Å². The minimum absolute atomic E-state index is 0.0512. The third kappa shape index (κ3) is 4.74. The molecule has 4 rings (SSSR count). The fourth-order valence-electron chi connectivity index (χ4n) is 4.08. The van der Waals surface area contributed by atoms with E-state index in [1.807, 2.05) is 0 Å². The highest BCUT2D eigenvalue weighted by atomic mass is 35.5. The lowest BCUT2D eigenvalue weighted by Crippen LogP contribution is -2.37. The Morgan fingerprint density at radius 3 is 2.50 bits per heavy atom. The number of methoxy groups -OCH3 is 2. The third-order valence-corrected chi connectivity index (χ3v) is 7.19. The number of halogens is 2. The second-order valence-corrected chi connectivity index (χ2v) is 9.30. The highest BCUT2D eigenvalue weighted by Gasteiger charge is 2.31. The van der Waals surface area contributed by atoms with E-state index in [2.05, 4.69) is 39.9 Å². The van der Waals surface area contributed by atoms with Crippen molar-refractivity contribution in [3.63, 3.8) is 0 Å². The van der Waals surface area contributed by atoms with Gasteiger partial charge in [0.2, 0.25) is 5.91 Å². The highest BCUT2D eigenvalue weighted by molar-refractivity contribution is 7.10. The molecule has 1 aromatic heterocycles. The smallest absolute Gasteiger partial charge is 0.225 e. The summed E-state index contributed by atoms with van der Waals surface area (Å²) in [5, 5.41) is 5.79. The summed E-state index contributed by atoms with van der Waals surface area (Å²) >= 11 is 14.1. The maximum Gasteiger partial charge on any atom is 0.225 e. The molecule has 168 valence electrons. The molecule has 0 radical (unpaired) electrons. The number of fused-ring (bicyclic) bond motifs is 1.